The van der Waals surface area contributed by atoms with Crippen LogP contribution in [0.15, 0.2) is 41.3 Å². The maximum absolute atomic E-state index is 12.7. The fourth-order valence-corrected chi connectivity index (χ4v) is 5.16. The van der Waals surface area contributed by atoms with Crippen LogP contribution in [0.2, 0.25) is 5.02 Å². The highest BCUT2D eigenvalue weighted by Crippen LogP contribution is 2.37. The summed E-state index contributed by atoms with van der Waals surface area (Å²) in [6, 6.07) is 6.75. The monoisotopic (exact) mass is 283 g/mol. The highest BCUT2D eigenvalue weighted by molar-refractivity contribution is 7.89. The molecule has 18 heavy (non-hydrogen) atoms. The van der Waals surface area contributed by atoms with Crippen LogP contribution in [-0.4, -0.2) is 24.8 Å². The quantitative estimate of drug-likeness (QED) is 0.783. The van der Waals surface area contributed by atoms with Crippen LogP contribution in [0.4, 0.5) is 0 Å². The molecule has 1 fully saturated rings. The van der Waals surface area contributed by atoms with Crippen LogP contribution < -0.4 is 0 Å². The van der Waals surface area contributed by atoms with Gasteiger partial charge in [-0.15, -0.1) is 0 Å². The second-order valence-electron chi connectivity index (χ2n) is 4.73. The van der Waals surface area contributed by atoms with E-state index in [1.165, 1.54) is 0 Å². The Morgan fingerprint density at radius 1 is 1.22 bits per heavy atom. The van der Waals surface area contributed by atoms with E-state index >= 15 is 0 Å². The van der Waals surface area contributed by atoms with E-state index in [0.29, 0.717) is 5.02 Å². The van der Waals surface area contributed by atoms with E-state index in [2.05, 4.69) is 6.08 Å². The van der Waals surface area contributed by atoms with Crippen LogP contribution in [0, 0.1) is 0 Å². The zero-order valence-electron chi connectivity index (χ0n) is 9.79. The van der Waals surface area contributed by atoms with Crippen molar-refractivity contribution in [2.75, 3.05) is 0 Å². The van der Waals surface area contributed by atoms with Gasteiger partial charge in [0.05, 0.1) is 5.02 Å². The zero-order valence-corrected chi connectivity index (χ0v) is 11.4. The number of sulfonamides is 1. The van der Waals surface area contributed by atoms with E-state index in [1.54, 1.807) is 28.6 Å². The molecule has 2 bridgehead atoms. The van der Waals surface area contributed by atoms with Crippen molar-refractivity contribution in [1.29, 1.82) is 0 Å². The Morgan fingerprint density at radius 2 is 2.00 bits per heavy atom. The molecule has 2 heterocycles. The maximum Gasteiger partial charge on any atom is 0.245 e. The fourth-order valence-electron chi connectivity index (χ4n) is 2.83. The number of rotatable bonds is 2. The van der Waals surface area contributed by atoms with Gasteiger partial charge in [-0.25, -0.2) is 8.42 Å². The predicted octanol–water partition coefficient (Wildman–Crippen LogP) is 2.82. The van der Waals surface area contributed by atoms with E-state index in [1.807, 2.05) is 6.08 Å². The van der Waals surface area contributed by atoms with Crippen molar-refractivity contribution < 1.29 is 8.42 Å². The molecule has 2 unspecified atom stereocenters. The van der Waals surface area contributed by atoms with Gasteiger partial charge in [-0.05, 0) is 31.4 Å². The van der Waals surface area contributed by atoms with Gasteiger partial charge in [-0.1, -0.05) is 35.9 Å². The summed E-state index contributed by atoms with van der Waals surface area (Å²) in [6.07, 6.45) is 6.73. The van der Waals surface area contributed by atoms with Gasteiger partial charge in [0.2, 0.25) is 10.0 Å². The van der Waals surface area contributed by atoms with Crippen LogP contribution >= 0.6 is 11.6 Å². The Labute approximate surface area is 112 Å². The summed E-state index contributed by atoms with van der Waals surface area (Å²) in [6.45, 7) is 0. The molecule has 2 atom stereocenters. The number of hydrogen-bond acceptors (Lipinski definition) is 2. The lowest BCUT2D eigenvalue weighted by atomic mass is 10.2. The van der Waals surface area contributed by atoms with Gasteiger partial charge in [0, 0.05) is 12.1 Å². The molecule has 0 saturated carbocycles. The largest absolute Gasteiger partial charge is 0.245 e. The maximum atomic E-state index is 12.7. The molecule has 96 valence electrons. The normalized spacial score (nSPS) is 27.6. The average molecular weight is 284 g/mol. The van der Waals surface area contributed by atoms with Gasteiger partial charge < -0.3 is 0 Å². The summed E-state index contributed by atoms with van der Waals surface area (Å²) in [4.78, 5) is 0.221. The van der Waals surface area contributed by atoms with Crippen LogP contribution in [0.25, 0.3) is 0 Å². The molecule has 3 nitrogen and oxygen atoms in total. The van der Waals surface area contributed by atoms with Crippen LogP contribution in [0.1, 0.15) is 19.3 Å². The Bertz CT molecular complexity index is 597. The average Bonchev–Trinajstić information content (AvgIpc) is 2.62. The van der Waals surface area contributed by atoms with E-state index < -0.39 is 10.0 Å². The van der Waals surface area contributed by atoms with Crippen molar-refractivity contribution in [2.24, 2.45) is 0 Å². The summed E-state index contributed by atoms with van der Waals surface area (Å²) >= 11 is 6.02. The summed E-state index contributed by atoms with van der Waals surface area (Å²) in [5.74, 6) is 0. The van der Waals surface area contributed by atoms with Crippen LogP contribution in [0.5, 0.6) is 0 Å². The smallest absolute Gasteiger partial charge is 0.207 e. The lowest BCUT2D eigenvalue weighted by Crippen LogP contribution is -2.42. The number of nitrogens with zero attached hydrogens (tertiary/aromatic N) is 1. The standard InChI is InChI=1S/C13H14ClNO2S/c14-12-6-1-2-7-13(12)18(16,17)15-10-4-3-5-11(15)9-8-10/h1-4,6-7,10-11H,5,8-9H2. The molecule has 2 aliphatic rings. The van der Waals surface area contributed by atoms with Crippen molar-refractivity contribution in [3.05, 3.63) is 41.4 Å². The van der Waals surface area contributed by atoms with E-state index in [-0.39, 0.29) is 17.0 Å². The lowest BCUT2D eigenvalue weighted by molar-refractivity contribution is 0.341. The topological polar surface area (TPSA) is 37.4 Å². The third-order valence-electron chi connectivity index (χ3n) is 3.64. The van der Waals surface area contributed by atoms with Gasteiger partial charge in [0.1, 0.15) is 4.90 Å². The Kier molecular flexibility index (Phi) is 2.96. The lowest BCUT2D eigenvalue weighted by Gasteiger charge is -2.30. The Morgan fingerprint density at radius 3 is 2.72 bits per heavy atom. The number of fused-ring (bicyclic) bond motifs is 2. The molecule has 2 aliphatic heterocycles. The third kappa shape index (κ3) is 1.79. The minimum atomic E-state index is -3.48. The third-order valence-corrected chi connectivity index (χ3v) is 6.12. The predicted molar refractivity (Wildman–Crippen MR) is 71.0 cm³/mol. The first-order valence-corrected chi connectivity index (χ1v) is 7.87. The first-order valence-electron chi connectivity index (χ1n) is 6.05. The zero-order chi connectivity index (χ0) is 12.8. The number of benzene rings is 1. The molecule has 1 aromatic carbocycles. The number of halogens is 1. The molecule has 0 aromatic heterocycles. The highest BCUT2D eigenvalue weighted by atomic mass is 35.5. The van der Waals surface area contributed by atoms with Crippen molar-refractivity contribution in [2.45, 2.75) is 36.2 Å². The van der Waals surface area contributed by atoms with Crippen molar-refractivity contribution in [3.8, 4) is 0 Å². The molecule has 0 radical (unpaired) electrons. The SMILES string of the molecule is O=S(=O)(c1ccccc1Cl)N1C2C=CCC1CC2. The van der Waals surface area contributed by atoms with E-state index in [9.17, 15) is 8.42 Å². The fraction of sp³-hybridized carbons (Fsp3) is 0.385. The van der Waals surface area contributed by atoms with Crippen LogP contribution in [-0.2, 0) is 10.0 Å². The summed E-state index contributed by atoms with van der Waals surface area (Å²) in [5, 5.41) is 0.298. The van der Waals surface area contributed by atoms with Gasteiger partial charge in [-0.3, -0.25) is 0 Å². The van der Waals surface area contributed by atoms with Crippen molar-refractivity contribution in [1.82, 2.24) is 4.31 Å². The van der Waals surface area contributed by atoms with Crippen LogP contribution in [0.3, 0.4) is 0 Å². The molecule has 1 saturated heterocycles. The molecule has 0 amide bonds. The minimum Gasteiger partial charge on any atom is -0.207 e. The van der Waals surface area contributed by atoms with Gasteiger partial charge >= 0.3 is 0 Å². The van der Waals surface area contributed by atoms with Gasteiger partial charge in [0.25, 0.3) is 0 Å². The Hall–Kier alpha value is -0.840. The number of hydrogen-bond donors (Lipinski definition) is 0. The Balaban J connectivity index is 2.07. The molecule has 3 rings (SSSR count). The van der Waals surface area contributed by atoms with Gasteiger partial charge in [0.15, 0.2) is 0 Å². The summed E-state index contributed by atoms with van der Waals surface area (Å²) in [5.41, 5.74) is 0. The molecule has 5 heteroatoms. The first kappa shape index (κ1) is 12.2. The molecule has 1 aromatic rings. The molecular formula is C13H14ClNO2S. The van der Waals surface area contributed by atoms with E-state index in [4.69, 9.17) is 11.6 Å². The van der Waals surface area contributed by atoms with Crippen molar-refractivity contribution >= 4 is 21.6 Å². The van der Waals surface area contributed by atoms with Gasteiger partial charge in [-0.2, -0.15) is 4.31 Å². The summed E-state index contributed by atoms with van der Waals surface area (Å²) < 4.78 is 27.0. The molecule has 0 spiro atoms. The molecular weight excluding hydrogens is 270 g/mol. The second-order valence-corrected chi connectivity index (χ2v) is 6.95. The second kappa shape index (κ2) is 4.37. The minimum absolute atomic E-state index is 0.00465. The van der Waals surface area contributed by atoms with Crippen molar-refractivity contribution in [3.63, 3.8) is 0 Å². The van der Waals surface area contributed by atoms with E-state index in [0.717, 1.165) is 19.3 Å². The molecule has 0 N–H and O–H groups in total. The first-order chi connectivity index (χ1) is 8.60. The summed E-state index contributed by atoms with van der Waals surface area (Å²) in [7, 11) is -3.48. The molecule has 0 aliphatic carbocycles. The highest BCUT2D eigenvalue weighted by Gasteiger charge is 2.42.